The second-order valence-electron chi connectivity index (χ2n) is 2.61. The number of nitrogen functional groups attached to an aromatic ring is 1. The van der Waals surface area contributed by atoms with Gasteiger partial charge in [0.15, 0.2) is 0 Å². The lowest BCUT2D eigenvalue weighted by Crippen LogP contribution is -1.87. The number of rotatable bonds is 1. The number of aromatic nitrogens is 1. The summed E-state index contributed by atoms with van der Waals surface area (Å²) in [5.74, 6) is 0. The van der Waals surface area contributed by atoms with Crippen LogP contribution in [-0.4, -0.2) is 4.98 Å². The number of benzene rings is 1. The third-order valence-electron chi connectivity index (χ3n) is 1.72. The third-order valence-corrected chi connectivity index (χ3v) is 3.03. The molecule has 0 fully saturated rings. The largest absolute Gasteiger partial charge is 0.398 e. The SMILES string of the molecule is Nc1cc(-c2cscn2)ccc1Br. The van der Waals surface area contributed by atoms with Crippen molar-refractivity contribution in [3.8, 4) is 11.3 Å². The topological polar surface area (TPSA) is 38.9 Å². The highest BCUT2D eigenvalue weighted by atomic mass is 79.9. The minimum Gasteiger partial charge on any atom is -0.398 e. The van der Waals surface area contributed by atoms with Gasteiger partial charge >= 0.3 is 0 Å². The standard InChI is InChI=1S/C9H7BrN2S/c10-7-2-1-6(3-8(7)11)9-4-13-5-12-9/h1-5H,11H2. The predicted molar refractivity (Wildman–Crippen MR) is 59.7 cm³/mol. The molecule has 0 radical (unpaired) electrons. The van der Waals surface area contributed by atoms with Crippen molar-refractivity contribution in [2.24, 2.45) is 0 Å². The first-order chi connectivity index (χ1) is 6.27. The summed E-state index contributed by atoms with van der Waals surface area (Å²) < 4.78 is 0.923. The van der Waals surface area contributed by atoms with Crippen molar-refractivity contribution in [1.29, 1.82) is 0 Å². The Morgan fingerprint density at radius 3 is 2.85 bits per heavy atom. The fourth-order valence-corrected chi connectivity index (χ4v) is 1.87. The Balaban J connectivity index is 2.49. The molecule has 1 aromatic heterocycles. The molecule has 2 N–H and O–H groups in total. The number of nitrogens with zero attached hydrogens (tertiary/aromatic N) is 1. The zero-order chi connectivity index (χ0) is 9.26. The number of thiazole rings is 1. The van der Waals surface area contributed by atoms with Gasteiger partial charge in [-0.1, -0.05) is 6.07 Å². The summed E-state index contributed by atoms with van der Waals surface area (Å²) in [7, 11) is 0. The van der Waals surface area contributed by atoms with E-state index in [4.69, 9.17) is 5.73 Å². The van der Waals surface area contributed by atoms with E-state index in [0.717, 1.165) is 21.4 Å². The summed E-state index contributed by atoms with van der Waals surface area (Å²) in [6.45, 7) is 0. The molecule has 0 spiro atoms. The van der Waals surface area contributed by atoms with Crippen LogP contribution in [0.1, 0.15) is 0 Å². The van der Waals surface area contributed by atoms with Gasteiger partial charge in [0.2, 0.25) is 0 Å². The lowest BCUT2D eigenvalue weighted by atomic mass is 10.1. The Morgan fingerprint density at radius 2 is 2.23 bits per heavy atom. The molecular weight excluding hydrogens is 248 g/mol. The molecule has 0 saturated carbocycles. The van der Waals surface area contributed by atoms with Crippen LogP contribution < -0.4 is 5.73 Å². The molecule has 0 amide bonds. The molecule has 4 heteroatoms. The molecule has 13 heavy (non-hydrogen) atoms. The van der Waals surface area contributed by atoms with Crippen molar-refractivity contribution in [3.05, 3.63) is 33.6 Å². The van der Waals surface area contributed by atoms with Crippen LogP contribution in [0.25, 0.3) is 11.3 Å². The molecule has 0 aliphatic rings. The monoisotopic (exact) mass is 254 g/mol. The summed E-state index contributed by atoms with van der Waals surface area (Å²) >= 11 is 4.93. The van der Waals surface area contributed by atoms with E-state index in [2.05, 4.69) is 20.9 Å². The van der Waals surface area contributed by atoms with Crippen LogP contribution in [-0.2, 0) is 0 Å². The smallest absolute Gasteiger partial charge is 0.0811 e. The molecule has 0 atom stereocenters. The van der Waals surface area contributed by atoms with Gasteiger partial charge in [-0.15, -0.1) is 11.3 Å². The van der Waals surface area contributed by atoms with E-state index in [0.29, 0.717) is 0 Å². The van der Waals surface area contributed by atoms with Crippen molar-refractivity contribution in [1.82, 2.24) is 4.98 Å². The molecule has 2 rings (SSSR count). The summed E-state index contributed by atoms with van der Waals surface area (Å²) in [6.07, 6.45) is 0. The van der Waals surface area contributed by atoms with E-state index in [-0.39, 0.29) is 0 Å². The van der Waals surface area contributed by atoms with Crippen molar-refractivity contribution in [3.63, 3.8) is 0 Å². The first-order valence-electron chi connectivity index (χ1n) is 3.71. The van der Waals surface area contributed by atoms with E-state index in [1.165, 1.54) is 0 Å². The Morgan fingerprint density at radius 1 is 1.38 bits per heavy atom. The number of hydrogen-bond donors (Lipinski definition) is 1. The quantitative estimate of drug-likeness (QED) is 0.795. The minimum atomic E-state index is 0.741. The van der Waals surface area contributed by atoms with Crippen LogP contribution >= 0.6 is 27.3 Å². The van der Waals surface area contributed by atoms with Crippen molar-refractivity contribution in [2.45, 2.75) is 0 Å². The molecule has 0 saturated heterocycles. The molecule has 0 aliphatic carbocycles. The van der Waals surface area contributed by atoms with Crippen LogP contribution in [0, 0.1) is 0 Å². The molecule has 2 nitrogen and oxygen atoms in total. The minimum absolute atomic E-state index is 0.741. The van der Waals surface area contributed by atoms with E-state index in [9.17, 15) is 0 Å². The Hall–Kier alpha value is -0.870. The van der Waals surface area contributed by atoms with Crippen LogP contribution in [0.3, 0.4) is 0 Å². The highest BCUT2D eigenvalue weighted by Gasteiger charge is 2.01. The Labute approximate surface area is 88.6 Å². The molecule has 1 aromatic carbocycles. The first-order valence-corrected chi connectivity index (χ1v) is 5.44. The maximum atomic E-state index is 5.76. The van der Waals surface area contributed by atoms with E-state index in [1.807, 2.05) is 29.1 Å². The molecule has 66 valence electrons. The van der Waals surface area contributed by atoms with Gasteiger partial charge in [0.05, 0.1) is 11.2 Å². The fourth-order valence-electron chi connectivity index (χ4n) is 1.06. The summed E-state index contributed by atoms with van der Waals surface area (Å²) in [5, 5.41) is 2.00. The van der Waals surface area contributed by atoms with Gasteiger partial charge < -0.3 is 5.73 Å². The second kappa shape index (κ2) is 3.47. The fraction of sp³-hybridized carbons (Fsp3) is 0. The van der Waals surface area contributed by atoms with Gasteiger partial charge in [0.25, 0.3) is 0 Å². The third kappa shape index (κ3) is 1.73. The van der Waals surface area contributed by atoms with E-state index in [1.54, 1.807) is 11.3 Å². The summed E-state index contributed by atoms with van der Waals surface area (Å²) in [5.41, 5.74) is 10.3. The second-order valence-corrected chi connectivity index (χ2v) is 4.18. The zero-order valence-electron chi connectivity index (χ0n) is 6.70. The van der Waals surface area contributed by atoms with E-state index < -0.39 is 0 Å². The van der Waals surface area contributed by atoms with Crippen molar-refractivity contribution in [2.75, 3.05) is 5.73 Å². The lowest BCUT2D eigenvalue weighted by Gasteiger charge is -2.00. The predicted octanol–water partition coefficient (Wildman–Crippen LogP) is 3.15. The number of anilines is 1. The first kappa shape index (κ1) is 8.72. The average molecular weight is 255 g/mol. The van der Waals surface area contributed by atoms with Gasteiger partial charge in [-0.2, -0.15) is 0 Å². The summed E-state index contributed by atoms with van der Waals surface area (Å²) in [6, 6.07) is 5.85. The van der Waals surface area contributed by atoms with Gasteiger partial charge in [-0.3, -0.25) is 0 Å². The number of halogens is 1. The molecule has 2 aromatic rings. The van der Waals surface area contributed by atoms with Crippen LogP contribution in [0.15, 0.2) is 33.6 Å². The molecular formula is C9H7BrN2S. The molecule has 0 unspecified atom stereocenters. The number of hydrogen-bond acceptors (Lipinski definition) is 3. The normalized spacial score (nSPS) is 10.2. The molecule has 1 heterocycles. The molecule has 0 bridgehead atoms. The molecule has 0 aliphatic heterocycles. The van der Waals surface area contributed by atoms with Gasteiger partial charge in [0, 0.05) is 21.1 Å². The van der Waals surface area contributed by atoms with Crippen LogP contribution in [0.5, 0.6) is 0 Å². The Bertz CT molecular complexity index is 412. The zero-order valence-corrected chi connectivity index (χ0v) is 9.10. The van der Waals surface area contributed by atoms with Gasteiger partial charge in [-0.25, -0.2) is 4.98 Å². The van der Waals surface area contributed by atoms with Crippen LogP contribution in [0.2, 0.25) is 0 Å². The number of nitrogens with two attached hydrogens (primary N) is 1. The van der Waals surface area contributed by atoms with Crippen molar-refractivity contribution >= 4 is 33.0 Å². The summed E-state index contributed by atoms with van der Waals surface area (Å²) in [4.78, 5) is 4.20. The van der Waals surface area contributed by atoms with Crippen molar-refractivity contribution < 1.29 is 0 Å². The van der Waals surface area contributed by atoms with Gasteiger partial charge in [-0.05, 0) is 28.1 Å². The maximum absolute atomic E-state index is 5.76. The Kier molecular flexibility index (Phi) is 2.33. The van der Waals surface area contributed by atoms with Crippen LogP contribution in [0.4, 0.5) is 5.69 Å². The van der Waals surface area contributed by atoms with Gasteiger partial charge in [0.1, 0.15) is 0 Å². The highest BCUT2D eigenvalue weighted by molar-refractivity contribution is 9.10. The highest BCUT2D eigenvalue weighted by Crippen LogP contribution is 2.26. The average Bonchev–Trinajstić information content (AvgIpc) is 2.62. The lowest BCUT2D eigenvalue weighted by molar-refractivity contribution is 1.41. The maximum Gasteiger partial charge on any atom is 0.0811 e. The van der Waals surface area contributed by atoms with E-state index >= 15 is 0 Å².